The van der Waals surface area contributed by atoms with Crippen LogP contribution in [0.15, 0.2) is 12.1 Å². The Labute approximate surface area is 101 Å². The number of hydroxylamine groups is 2. The standard InChI is InChI=1S/C13H17NO3/c1-8-6-9(2)11(10(3)7-8)12(15)13(16)14(4)17-5/h6-7H,1-5H3. The van der Waals surface area contributed by atoms with Crippen molar-refractivity contribution in [3.63, 3.8) is 0 Å². The van der Waals surface area contributed by atoms with Crippen LogP contribution in [-0.2, 0) is 9.63 Å². The molecule has 0 aliphatic heterocycles. The molecule has 1 amide bonds. The van der Waals surface area contributed by atoms with E-state index in [1.54, 1.807) is 0 Å². The lowest BCUT2D eigenvalue weighted by Gasteiger charge is -2.15. The average Bonchev–Trinajstić information content (AvgIpc) is 2.25. The summed E-state index contributed by atoms with van der Waals surface area (Å²) in [4.78, 5) is 28.5. The largest absolute Gasteiger partial charge is 0.318 e. The van der Waals surface area contributed by atoms with Gasteiger partial charge in [0.25, 0.3) is 5.78 Å². The Hall–Kier alpha value is -1.68. The quantitative estimate of drug-likeness (QED) is 0.456. The number of Topliss-reactive ketones (excluding diaryl/α,β-unsaturated/α-hetero) is 1. The Morgan fingerprint density at radius 3 is 2.00 bits per heavy atom. The van der Waals surface area contributed by atoms with Crippen molar-refractivity contribution in [2.75, 3.05) is 14.2 Å². The number of carbonyl (C=O) groups excluding carboxylic acids is 2. The van der Waals surface area contributed by atoms with Gasteiger partial charge in [-0.3, -0.25) is 14.4 Å². The van der Waals surface area contributed by atoms with Gasteiger partial charge < -0.3 is 0 Å². The van der Waals surface area contributed by atoms with Gasteiger partial charge in [-0.15, -0.1) is 0 Å². The summed E-state index contributed by atoms with van der Waals surface area (Å²) in [7, 11) is 2.76. The van der Waals surface area contributed by atoms with Crippen LogP contribution in [0.2, 0.25) is 0 Å². The Morgan fingerprint density at radius 1 is 1.12 bits per heavy atom. The summed E-state index contributed by atoms with van der Waals surface area (Å²) in [6.07, 6.45) is 0. The van der Waals surface area contributed by atoms with Crippen LogP contribution in [0.3, 0.4) is 0 Å². The molecule has 4 nitrogen and oxygen atoms in total. The fraction of sp³-hybridized carbons (Fsp3) is 0.385. The number of carbonyl (C=O) groups is 2. The maximum absolute atomic E-state index is 12.0. The molecule has 0 fully saturated rings. The predicted octanol–water partition coefficient (Wildman–Crippen LogP) is 1.81. The molecular weight excluding hydrogens is 218 g/mol. The van der Waals surface area contributed by atoms with Crippen molar-refractivity contribution in [3.05, 3.63) is 34.4 Å². The second-order valence-corrected chi connectivity index (χ2v) is 4.09. The molecule has 0 aromatic heterocycles. The normalized spacial score (nSPS) is 10.2. The second kappa shape index (κ2) is 5.10. The van der Waals surface area contributed by atoms with E-state index in [1.165, 1.54) is 14.2 Å². The summed E-state index contributed by atoms with van der Waals surface area (Å²) in [5.41, 5.74) is 3.16. The van der Waals surface area contributed by atoms with E-state index < -0.39 is 11.7 Å². The minimum atomic E-state index is -0.664. The average molecular weight is 235 g/mol. The molecule has 0 N–H and O–H groups in total. The lowest BCUT2D eigenvalue weighted by Crippen LogP contribution is -2.33. The number of amides is 1. The van der Waals surface area contributed by atoms with Gasteiger partial charge in [-0.2, -0.15) is 0 Å². The van der Waals surface area contributed by atoms with Gasteiger partial charge in [-0.05, 0) is 31.9 Å². The van der Waals surface area contributed by atoms with Crippen molar-refractivity contribution >= 4 is 11.7 Å². The number of benzene rings is 1. The smallest absolute Gasteiger partial charge is 0.283 e. The van der Waals surface area contributed by atoms with E-state index in [0.717, 1.165) is 21.8 Å². The van der Waals surface area contributed by atoms with Crippen molar-refractivity contribution in [2.45, 2.75) is 20.8 Å². The number of aryl methyl sites for hydroxylation is 3. The van der Waals surface area contributed by atoms with Crippen molar-refractivity contribution in [2.24, 2.45) is 0 Å². The van der Waals surface area contributed by atoms with Crippen molar-refractivity contribution in [3.8, 4) is 0 Å². The summed E-state index contributed by atoms with van der Waals surface area (Å²) < 4.78 is 0. The third kappa shape index (κ3) is 2.71. The van der Waals surface area contributed by atoms with Gasteiger partial charge in [0.1, 0.15) is 0 Å². The lowest BCUT2D eigenvalue weighted by atomic mass is 9.96. The van der Waals surface area contributed by atoms with Gasteiger partial charge in [-0.1, -0.05) is 17.7 Å². The van der Waals surface area contributed by atoms with Gasteiger partial charge in [0.15, 0.2) is 0 Å². The van der Waals surface area contributed by atoms with E-state index in [9.17, 15) is 9.59 Å². The number of hydrogen-bond acceptors (Lipinski definition) is 3. The monoisotopic (exact) mass is 235 g/mol. The minimum absolute atomic E-state index is 0.463. The third-order valence-electron chi connectivity index (χ3n) is 2.66. The van der Waals surface area contributed by atoms with Crippen molar-refractivity contribution in [1.82, 2.24) is 5.06 Å². The summed E-state index contributed by atoms with van der Waals surface area (Å²) >= 11 is 0. The van der Waals surface area contributed by atoms with Crippen LogP contribution in [0, 0.1) is 20.8 Å². The van der Waals surface area contributed by atoms with E-state index in [2.05, 4.69) is 0 Å². The molecule has 4 heteroatoms. The van der Waals surface area contributed by atoms with E-state index in [0.29, 0.717) is 5.56 Å². The molecule has 1 aromatic carbocycles. The number of likely N-dealkylation sites (N-methyl/N-ethyl adjacent to an activating group) is 1. The Balaban J connectivity index is 3.18. The maximum atomic E-state index is 12.0. The minimum Gasteiger partial charge on any atom is -0.283 e. The van der Waals surface area contributed by atoms with Crippen LogP contribution in [-0.4, -0.2) is 30.9 Å². The van der Waals surface area contributed by atoms with Gasteiger partial charge in [0.2, 0.25) is 0 Å². The van der Waals surface area contributed by atoms with Crippen molar-refractivity contribution < 1.29 is 14.4 Å². The Morgan fingerprint density at radius 2 is 1.59 bits per heavy atom. The van der Waals surface area contributed by atoms with E-state index >= 15 is 0 Å². The first kappa shape index (κ1) is 13.4. The zero-order chi connectivity index (χ0) is 13.2. The van der Waals surface area contributed by atoms with Crippen LogP contribution >= 0.6 is 0 Å². The zero-order valence-electron chi connectivity index (χ0n) is 10.8. The molecular formula is C13H17NO3. The molecule has 1 aromatic rings. The highest BCUT2D eigenvalue weighted by molar-refractivity contribution is 6.43. The SMILES string of the molecule is CON(C)C(=O)C(=O)c1c(C)cc(C)cc1C. The molecule has 0 spiro atoms. The predicted molar refractivity (Wildman–Crippen MR) is 64.8 cm³/mol. The van der Waals surface area contributed by atoms with Gasteiger partial charge in [-0.25, -0.2) is 5.06 Å². The first-order chi connectivity index (χ1) is 7.88. The first-order valence-electron chi connectivity index (χ1n) is 5.32. The van der Waals surface area contributed by atoms with Crippen LogP contribution < -0.4 is 0 Å². The van der Waals surface area contributed by atoms with Gasteiger partial charge in [0, 0.05) is 12.6 Å². The molecule has 0 atom stereocenters. The Kier molecular flexibility index (Phi) is 4.02. The summed E-state index contributed by atoms with van der Waals surface area (Å²) in [6, 6.07) is 3.78. The molecule has 0 unspecified atom stereocenters. The van der Waals surface area contributed by atoms with E-state index in [4.69, 9.17) is 4.84 Å². The lowest BCUT2D eigenvalue weighted by molar-refractivity contribution is -0.162. The topological polar surface area (TPSA) is 46.6 Å². The number of rotatable bonds is 3. The van der Waals surface area contributed by atoms with E-state index in [-0.39, 0.29) is 0 Å². The second-order valence-electron chi connectivity index (χ2n) is 4.09. The molecule has 0 aliphatic carbocycles. The highest BCUT2D eigenvalue weighted by Gasteiger charge is 2.23. The number of ketones is 1. The van der Waals surface area contributed by atoms with Crippen LogP contribution in [0.1, 0.15) is 27.0 Å². The molecule has 92 valence electrons. The highest BCUT2D eigenvalue weighted by atomic mass is 16.7. The maximum Gasteiger partial charge on any atom is 0.318 e. The summed E-state index contributed by atoms with van der Waals surface area (Å²) in [5.74, 6) is -1.20. The zero-order valence-corrected chi connectivity index (χ0v) is 10.8. The van der Waals surface area contributed by atoms with E-state index in [1.807, 2.05) is 32.9 Å². The first-order valence-corrected chi connectivity index (χ1v) is 5.32. The highest BCUT2D eigenvalue weighted by Crippen LogP contribution is 2.17. The molecule has 1 rings (SSSR count). The van der Waals surface area contributed by atoms with Crippen LogP contribution in [0.5, 0.6) is 0 Å². The van der Waals surface area contributed by atoms with Gasteiger partial charge in [0.05, 0.1) is 7.11 Å². The van der Waals surface area contributed by atoms with Crippen LogP contribution in [0.4, 0.5) is 0 Å². The molecule has 0 heterocycles. The van der Waals surface area contributed by atoms with Crippen molar-refractivity contribution in [1.29, 1.82) is 0 Å². The molecule has 0 saturated carbocycles. The molecule has 0 bridgehead atoms. The third-order valence-corrected chi connectivity index (χ3v) is 2.66. The molecule has 0 radical (unpaired) electrons. The number of hydrogen-bond donors (Lipinski definition) is 0. The Bertz CT molecular complexity index is 443. The molecule has 17 heavy (non-hydrogen) atoms. The fourth-order valence-electron chi connectivity index (χ4n) is 1.87. The van der Waals surface area contributed by atoms with Crippen LogP contribution in [0.25, 0.3) is 0 Å². The molecule has 0 aliphatic rings. The fourth-order valence-corrected chi connectivity index (χ4v) is 1.87. The summed E-state index contributed by atoms with van der Waals surface area (Å²) in [5, 5.41) is 0.932. The van der Waals surface area contributed by atoms with Gasteiger partial charge >= 0.3 is 5.91 Å². The summed E-state index contributed by atoms with van der Waals surface area (Å²) in [6.45, 7) is 5.61. The molecule has 0 saturated heterocycles. The number of nitrogens with zero attached hydrogens (tertiary/aromatic N) is 1.